The molecule has 3 heterocycles. The van der Waals surface area contributed by atoms with Gasteiger partial charge in [0.25, 0.3) is 5.91 Å². The third-order valence-corrected chi connectivity index (χ3v) is 10.1. The zero-order chi connectivity index (χ0) is 25.1. The van der Waals surface area contributed by atoms with Crippen molar-refractivity contribution in [1.82, 2.24) is 19.7 Å². The molecule has 2 saturated heterocycles. The minimum atomic E-state index is -3.33. The zero-order valence-corrected chi connectivity index (χ0v) is 22.0. The van der Waals surface area contributed by atoms with E-state index in [1.165, 1.54) is 5.56 Å². The summed E-state index contributed by atoms with van der Waals surface area (Å²) in [7, 11) is -3.33. The predicted octanol–water partition coefficient (Wildman–Crippen LogP) is 3.42. The number of nitrogens with zero attached hydrogens (tertiary/aromatic N) is 3. The third-order valence-electron chi connectivity index (χ3n) is 7.96. The Morgan fingerprint density at radius 2 is 1.83 bits per heavy atom. The third kappa shape index (κ3) is 6.36. The van der Waals surface area contributed by atoms with Crippen molar-refractivity contribution in [3.05, 3.63) is 53.4 Å². The van der Waals surface area contributed by atoms with Crippen LogP contribution in [0.15, 0.2) is 40.9 Å². The molecule has 196 valence electrons. The summed E-state index contributed by atoms with van der Waals surface area (Å²) >= 11 is 0. The van der Waals surface area contributed by atoms with E-state index in [4.69, 9.17) is 4.52 Å². The molecule has 5 rings (SSSR count). The average Bonchev–Trinajstić information content (AvgIpc) is 3.60. The number of rotatable bonds is 9. The molecule has 0 spiro atoms. The van der Waals surface area contributed by atoms with Crippen LogP contribution in [0.2, 0.25) is 0 Å². The lowest BCUT2D eigenvalue weighted by Gasteiger charge is -2.38. The van der Waals surface area contributed by atoms with Gasteiger partial charge in [0.05, 0.1) is 5.75 Å². The lowest BCUT2D eigenvalue weighted by molar-refractivity contribution is 0.0905. The highest BCUT2D eigenvalue weighted by Crippen LogP contribution is 2.40. The Labute approximate surface area is 214 Å². The van der Waals surface area contributed by atoms with Gasteiger partial charge in [-0.2, -0.15) is 4.31 Å². The van der Waals surface area contributed by atoms with Gasteiger partial charge in [-0.3, -0.25) is 4.79 Å². The van der Waals surface area contributed by atoms with Crippen LogP contribution >= 0.6 is 0 Å². The molecule has 1 amide bonds. The second-order valence-corrected chi connectivity index (χ2v) is 12.8. The maximum atomic E-state index is 13.3. The van der Waals surface area contributed by atoms with Crippen molar-refractivity contribution in [2.75, 3.05) is 31.9 Å². The Kier molecular flexibility index (Phi) is 7.79. The molecule has 1 aromatic carbocycles. The van der Waals surface area contributed by atoms with E-state index in [-0.39, 0.29) is 29.7 Å². The molecule has 1 saturated carbocycles. The van der Waals surface area contributed by atoms with Crippen molar-refractivity contribution in [2.24, 2.45) is 5.92 Å². The summed E-state index contributed by atoms with van der Waals surface area (Å²) in [4.78, 5) is 15.1. The van der Waals surface area contributed by atoms with Crippen LogP contribution < -0.4 is 5.32 Å². The molecule has 3 aliphatic rings. The molecule has 1 N–H and O–H groups in total. The number of nitrogens with one attached hydrogen (secondary N) is 1. The number of carbonyl (C=O) groups excluding carboxylic acids is 1. The van der Waals surface area contributed by atoms with Gasteiger partial charge in [-0.25, -0.2) is 8.42 Å². The Hall–Kier alpha value is -2.23. The van der Waals surface area contributed by atoms with Gasteiger partial charge >= 0.3 is 0 Å². The van der Waals surface area contributed by atoms with Crippen molar-refractivity contribution in [2.45, 2.75) is 69.9 Å². The van der Waals surface area contributed by atoms with Gasteiger partial charge in [0.15, 0.2) is 5.69 Å². The molecule has 2 aromatic rings. The van der Waals surface area contributed by atoms with Crippen molar-refractivity contribution in [1.29, 1.82) is 0 Å². The molecule has 9 heteroatoms. The molecule has 8 nitrogen and oxygen atoms in total. The monoisotopic (exact) mass is 514 g/mol. The van der Waals surface area contributed by atoms with E-state index >= 15 is 0 Å². The Balaban J connectivity index is 1.06. The van der Waals surface area contributed by atoms with Crippen LogP contribution in [0.25, 0.3) is 0 Å². The molecular weight excluding hydrogens is 476 g/mol. The number of carbonyl (C=O) groups is 1. The quantitative estimate of drug-likeness (QED) is 0.551. The summed E-state index contributed by atoms with van der Waals surface area (Å²) < 4.78 is 33.5. The lowest BCUT2D eigenvalue weighted by Crippen LogP contribution is -2.52. The first-order valence-electron chi connectivity index (χ1n) is 13.4. The number of likely N-dealkylation sites (tertiary alicyclic amines) is 1. The van der Waals surface area contributed by atoms with Crippen LogP contribution in [0.1, 0.15) is 73.2 Å². The molecule has 1 aromatic heterocycles. The molecule has 3 fully saturated rings. The molecule has 0 bridgehead atoms. The summed E-state index contributed by atoms with van der Waals surface area (Å²) in [5.74, 6) is 1.40. The molecular formula is C27H38N4O4S. The van der Waals surface area contributed by atoms with Crippen molar-refractivity contribution in [3.8, 4) is 0 Å². The van der Waals surface area contributed by atoms with Gasteiger partial charge in [-0.1, -0.05) is 35.5 Å². The van der Waals surface area contributed by atoms with Gasteiger partial charge in [-0.15, -0.1) is 0 Å². The number of benzene rings is 1. The first kappa shape index (κ1) is 25.4. The van der Waals surface area contributed by atoms with Gasteiger partial charge in [0.2, 0.25) is 10.0 Å². The average molecular weight is 515 g/mol. The smallest absolute Gasteiger partial charge is 0.273 e. The number of hydrogen-bond acceptors (Lipinski definition) is 6. The summed E-state index contributed by atoms with van der Waals surface area (Å²) in [6, 6.07) is 12.0. The van der Waals surface area contributed by atoms with E-state index in [1.807, 2.05) is 13.0 Å². The van der Waals surface area contributed by atoms with E-state index < -0.39 is 10.0 Å². The summed E-state index contributed by atoms with van der Waals surface area (Å²) in [5, 5.41) is 6.95. The first-order chi connectivity index (χ1) is 17.4. The zero-order valence-electron chi connectivity index (χ0n) is 21.1. The van der Waals surface area contributed by atoms with Gasteiger partial charge in [0, 0.05) is 37.2 Å². The van der Waals surface area contributed by atoms with Crippen LogP contribution in [0, 0.1) is 5.92 Å². The molecule has 0 unspecified atom stereocenters. The minimum absolute atomic E-state index is 0.0621. The highest BCUT2D eigenvalue weighted by molar-refractivity contribution is 7.89. The van der Waals surface area contributed by atoms with E-state index in [9.17, 15) is 13.2 Å². The largest absolute Gasteiger partial charge is 0.360 e. The fourth-order valence-corrected chi connectivity index (χ4v) is 7.75. The molecule has 2 atom stereocenters. The van der Waals surface area contributed by atoms with Gasteiger partial charge < -0.3 is 14.7 Å². The standard InChI is InChI=1S/C27H38N4O4S/c1-20-17-24(28-27(32)25-18-26(35-29-25)23-7-8-23)12-16-31(20)36(33,34)19-22-10-14-30(15-11-22)13-9-21-5-3-2-4-6-21/h2-6,18,20,22-24H,7-17,19H2,1H3,(H,28,32)/t20-,24-/m0/s1. The molecule has 1 aliphatic carbocycles. The number of aromatic nitrogens is 1. The van der Waals surface area contributed by atoms with Gasteiger partial charge in [0.1, 0.15) is 5.76 Å². The fraction of sp³-hybridized carbons (Fsp3) is 0.630. The molecule has 2 aliphatic heterocycles. The Bertz CT molecular complexity index is 1120. The number of amides is 1. The van der Waals surface area contributed by atoms with E-state index in [2.05, 4.69) is 39.6 Å². The van der Waals surface area contributed by atoms with Crippen molar-refractivity contribution in [3.63, 3.8) is 0 Å². The summed E-state index contributed by atoms with van der Waals surface area (Å²) in [5.41, 5.74) is 1.66. The maximum Gasteiger partial charge on any atom is 0.273 e. The van der Waals surface area contributed by atoms with E-state index in [0.717, 1.165) is 57.5 Å². The van der Waals surface area contributed by atoms with Crippen molar-refractivity contribution >= 4 is 15.9 Å². The van der Waals surface area contributed by atoms with Crippen LogP contribution in [0.5, 0.6) is 0 Å². The maximum absolute atomic E-state index is 13.3. The number of hydrogen-bond donors (Lipinski definition) is 1. The second kappa shape index (κ2) is 11.0. The SMILES string of the molecule is C[C@H]1C[C@@H](NC(=O)c2cc(C3CC3)on2)CCN1S(=O)(=O)CC1CCN(CCc2ccccc2)CC1. The number of piperidine rings is 2. The fourth-order valence-electron chi connectivity index (χ4n) is 5.61. The van der Waals surface area contributed by atoms with Crippen LogP contribution in [-0.2, 0) is 16.4 Å². The highest BCUT2D eigenvalue weighted by Gasteiger charge is 2.36. The normalized spacial score (nSPS) is 24.6. The number of sulfonamides is 1. The van der Waals surface area contributed by atoms with E-state index in [1.54, 1.807) is 10.4 Å². The predicted molar refractivity (Wildman–Crippen MR) is 138 cm³/mol. The summed E-state index contributed by atoms with van der Waals surface area (Å²) in [6.45, 7) is 5.33. The van der Waals surface area contributed by atoms with Gasteiger partial charge in [-0.05, 0) is 76.4 Å². The lowest BCUT2D eigenvalue weighted by atomic mass is 9.98. The van der Waals surface area contributed by atoms with Crippen molar-refractivity contribution < 1.29 is 17.7 Å². The Morgan fingerprint density at radius 1 is 1.08 bits per heavy atom. The minimum Gasteiger partial charge on any atom is -0.360 e. The van der Waals surface area contributed by atoms with Crippen LogP contribution in [0.4, 0.5) is 0 Å². The van der Waals surface area contributed by atoms with Crippen LogP contribution in [-0.4, -0.2) is 72.7 Å². The molecule has 0 radical (unpaired) electrons. The van der Waals surface area contributed by atoms with E-state index in [0.29, 0.717) is 31.0 Å². The topological polar surface area (TPSA) is 95.7 Å². The van der Waals surface area contributed by atoms with Crippen LogP contribution in [0.3, 0.4) is 0 Å². The Morgan fingerprint density at radius 3 is 2.53 bits per heavy atom. The second-order valence-electron chi connectivity index (χ2n) is 10.8. The highest BCUT2D eigenvalue weighted by atomic mass is 32.2. The molecule has 36 heavy (non-hydrogen) atoms. The first-order valence-corrected chi connectivity index (χ1v) is 15.0. The summed E-state index contributed by atoms with van der Waals surface area (Å²) in [6.07, 6.45) is 6.29.